The van der Waals surface area contributed by atoms with Crippen LogP contribution in [0.15, 0.2) is 12.1 Å². The Balaban J connectivity index is 3.20. The van der Waals surface area contributed by atoms with Gasteiger partial charge in [0.15, 0.2) is 11.5 Å². The molecule has 0 saturated carbocycles. The number of nitrogens with one attached hydrogen (secondary N) is 1. The molecule has 0 atom stereocenters. The lowest BCUT2D eigenvalue weighted by Gasteiger charge is -2.12. The number of hydroxylamine groups is 1. The molecule has 0 amide bonds. The third-order valence-corrected chi connectivity index (χ3v) is 2.19. The van der Waals surface area contributed by atoms with Crippen LogP contribution in [0.5, 0.6) is 11.5 Å². The van der Waals surface area contributed by atoms with E-state index in [1.54, 1.807) is 6.07 Å². The summed E-state index contributed by atoms with van der Waals surface area (Å²) in [5, 5.41) is 9.08. The van der Waals surface area contributed by atoms with Gasteiger partial charge in [-0.3, -0.25) is 0 Å². The Kier molecular flexibility index (Phi) is 4.74. The molecule has 94 valence electrons. The number of ether oxygens (including phenoxy) is 2. The van der Waals surface area contributed by atoms with Gasteiger partial charge < -0.3 is 19.4 Å². The van der Waals surface area contributed by atoms with Crippen molar-refractivity contribution in [1.82, 2.24) is 5.48 Å². The van der Waals surface area contributed by atoms with Gasteiger partial charge in [0.2, 0.25) is 0 Å². The van der Waals surface area contributed by atoms with Crippen molar-refractivity contribution in [3.8, 4) is 11.5 Å². The van der Waals surface area contributed by atoms with E-state index < -0.39 is 5.97 Å². The van der Waals surface area contributed by atoms with Gasteiger partial charge in [-0.15, -0.1) is 0 Å². The second kappa shape index (κ2) is 6.07. The molecule has 17 heavy (non-hydrogen) atoms. The van der Waals surface area contributed by atoms with Crippen LogP contribution in [0.3, 0.4) is 0 Å². The first-order chi connectivity index (χ1) is 8.13. The Morgan fingerprint density at radius 1 is 1.29 bits per heavy atom. The molecule has 0 fully saturated rings. The number of carbonyl (C=O) groups is 1. The minimum atomic E-state index is -1.07. The summed E-state index contributed by atoms with van der Waals surface area (Å²) in [6, 6.07) is 3.20. The lowest BCUT2D eigenvalue weighted by atomic mass is 10.1. The van der Waals surface area contributed by atoms with Crippen LogP contribution < -0.4 is 15.0 Å². The summed E-state index contributed by atoms with van der Waals surface area (Å²) in [6.45, 7) is 0.372. The average molecular weight is 241 g/mol. The third-order valence-electron chi connectivity index (χ3n) is 2.19. The van der Waals surface area contributed by atoms with Crippen molar-refractivity contribution in [3.05, 3.63) is 23.3 Å². The maximum atomic E-state index is 11.1. The summed E-state index contributed by atoms with van der Waals surface area (Å²) in [7, 11) is 4.34. The molecule has 0 saturated heterocycles. The van der Waals surface area contributed by atoms with E-state index in [0.717, 1.165) is 5.56 Å². The molecule has 2 N–H and O–H groups in total. The second-order valence-electron chi connectivity index (χ2n) is 3.21. The van der Waals surface area contributed by atoms with Gasteiger partial charge in [-0.2, -0.15) is 5.48 Å². The summed E-state index contributed by atoms with van der Waals surface area (Å²) >= 11 is 0. The number of aromatic carboxylic acids is 1. The molecule has 6 heteroatoms. The van der Waals surface area contributed by atoms with Crippen LogP contribution in [-0.4, -0.2) is 32.4 Å². The van der Waals surface area contributed by atoms with Crippen LogP contribution >= 0.6 is 0 Å². The molecule has 1 rings (SSSR count). The van der Waals surface area contributed by atoms with Gasteiger partial charge >= 0.3 is 5.97 Å². The SMILES string of the molecule is CONCc1cc(OC)c(OC)c(C(=O)O)c1. The predicted molar refractivity (Wildman–Crippen MR) is 60.4 cm³/mol. The van der Waals surface area contributed by atoms with E-state index in [-0.39, 0.29) is 11.3 Å². The lowest BCUT2D eigenvalue weighted by molar-refractivity contribution is 0.0691. The first-order valence-electron chi connectivity index (χ1n) is 4.88. The molecular weight excluding hydrogens is 226 g/mol. The highest BCUT2D eigenvalue weighted by Gasteiger charge is 2.17. The van der Waals surface area contributed by atoms with Crippen molar-refractivity contribution in [1.29, 1.82) is 0 Å². The monoisotopic (exact) mass is 241 g/mol. The molecule has 0 radical (unpaired) electrons. The standard InChI is InChI=1S/C11H15NO5/c1-15-9-5-7(6-12-17-3)4-8(11(13)14)10(9)16-2/h4-5,12H,6H2,1-3H3,(H,13,14). The summed E-state index contributed by atoms with van der Waals surface area (Å²) in [5.41, 5.74) is 3.41. The largest absolute Gasteiger partial charge is 0.493 e. The van der Waals surface area contributed by atoms with Crippen LogP contribution in [0, 0.1) is 0 Å². The fourth-order valence-corrected chi connectivity index (χ4v) is 1.44. The summed E-state index contributed by atoms with van der Waals surface area (Å²) < 4.78 is 10.1. The molecule has 0 aromatic heterocycles. The van der Waals surface area contributed by atoms with Gasteiger partial charge in [-0.1, -0.05) is 0 Å². The van der Waals surface area contributed by atoms with Gasteiger partial charge in [-0.25, -0.2) is 4.79 Å². The first-order valence-corrected chi connectivity index (χ1v) is 4.88. The Hall–Kier alpha value is -1.79. The molecule has 0 bridgehead atoms. The predicted octanol–water partition coefficient (Wildman–Crippen LogP) is 1.05. The number of hydrogen-bond donors (Lipinski definition) is 2. The smallest absolute Gasteiger partial charge is 0.339 e. The zero-order valence-corrected chi connectivity index (χ0v) is 9.94. The highest BCUT2D eigenvalue weighted by atomic mass is 16.6. The molecular formula is C11H15NO5. The molecule has 0 aliphatic carbocycles. The van der Waals surface area contributed by atoms with E-state index in [0.29, 0.717) is 12.3 Å². The van der Waals surface area contributed by atoms with Crippen molar-refractivity contribution < 1.29 is 24.2 Å². The lowest BCUT2D eigenvalue weighted by Crippen LogP contribution is -2.12. The highest BCUT2D eigenvalue weighted by Crippen LogP contribution is 2.32. The molecule has 1 aromatic rings. The van der Waals surface area contributed by atoms with Crippen molar-refractivity contribution in [2.75, 3.05) is 21.3 Å². The van der Waals surface area contributed by atoms with E-state index in [9.17, 15) is 4.79 Å². The molecule has 0 unspecified atom stereocenters. The molecule has 1 aromatic carbocycles. The van der Waals surface area contributed by atoms with Crippen molar-refractivity contribution >= 4 is 5.97 Å². The zero-order chi connectivity index (χ0) is 12.8. The second-order valence-corrected chi connectivity index (χ2v) is 3.21. The highest BCUT2D eigenvalue weighted by molar-refractivity contribution is 5.92. The number of methoxy groups -OCH3 is 2. The first kappa shape index (κ1) is 13.3. The van der Waals surface area contributed by atoms with E-state index >= 15 is 0 Å². The van der Waals surface area contributed by atoms with Crippen molar-refractivity contribution in [2.24, 2.45) is 0 Å². The van der Waals surface area contributed by atoms with Gasteiger partial charge in [0.25, 0.3) is 0 Å². The number of carboxylic acid groups (broad SMARTS) is 1. The fraction of sp³-hybridized carbons (Fsp3) is 0.364. The average Bonchev–Trinajstić information content (AvgIpc) is 2.34. The van der Waals surface area contributed by atoms with Crippen LogP contribution in [-0.2, 0) is 11.4 Å². The zero-order valence-electron chi connectivity index (χ0n) is 9.94. The Labute approximate surface area is 99.1 Å². The van der Waals surface area contributed by atoms with Crippen LogP contribution in [0.4, 0.5) is 0 Å². The Morgan fingerprint density at radius 3 is 2.47 bits per heavy atom. The molecule has 6 nitrogen and oxygen atoms in total. The molecule has 0 aliphatic rings. The van der Waals surface area contributed by atoms with Crippen molar-refractivity contribution in [2.45, 2.75) is 6.54 Å². The normalized spacial score (nSPS) is 10.1. The quantitative estimate of drug-likeness (QED) is 0.725. The van der Waals surface area contributed by atoms with E-state index in [4.69, 9.17) is 19.4 Å². The third kappa shape index (κ3) is 3.08. The van der Waals surface area contributed by atoms with Gasteiger partial charge in [0.05, 0.1) is 21.3 Å². The van der Waals surface area contributed by atoms with E-state index in [1.165, 1.54) is 27.4 Å². The van der Waals surface area contributed by atoms with Crippen molar-refractivity contribution in [3.63, 3.8) is 0 Å². The fourth-order valence-electron chi connectivity index (χ4n) is 1.44. The number of hydrogen-bond acceptors (Lipinski definition) is 5. The van der Waals surface area contributed by atoms with Crippen LogP contribution in [0.1, 0.15) is 15.9 Å². The van der Waals surface area contributed by atoms with E-state index in [1.807, 2.05) is 0 Å². The summed E-state index contributed by atoms with van der Waals surface area (Å²) in [6.07, 6.45) is 0. The molecule has 0 heterocycles. The molecule has 0 spiro atoms. The van der Waals surface area contributed by atoms with Gasteiger partial charge in [0, 0.05) is 6.54 Å². The minimum Gasteiger partial charge on any atom is -0.493 e. The Bertz CT molecular complexity index is 405. The van der Waals surface area contributed by atoms with Gasteiger partial charge in [0.1, 0.15) is 5.56 Å². The van der Waals surface area contributed by atoms with Gasteiger partial charge in [-0.05, 0) is 17.7 Å². The van der Waals surface area contributed by atoms with Crippen LogP contribution in [0.25, 0.3) is 0 Å². The summed E-state index contributed by atoms with van der Waals surface area (Å²) in [5.74, 6) is -0.485. The molecule has 0 aliphatic heterocycles. The van der Waals surface area contributed by atoms with E-state index in [2.05, 4.69) is 5.48 Å². The van der Waals surface area contributed by atoms with Crippen LogP contribution in [0.2, 0.25) is 0 Å². The maximum absolute atomic E-state index is 11.1. The number of rotatable bonds is 6. The minimum absolute atomic E-state index is 0.0553. The topological polar surface area (TPSA) is 77.0 Å². The maximum Gasteiger partial charge on any atom is 0.339 e. The summed E-state index contributed by atoms with van der Waals surface area (Å²) in [4.78, 5) is 15.8. The Morgan fingerprint density at radius 2 is 2.00 bits per heavy atom. The number of benzene rings is 1. The number of carboxylic acids is 1.